The van der Waals surface area contributed by atoms with Crippen LogP contribution in [0.3, 0.4) is 0 Å². The average molecular weight is 544 g/mol. The lowest BCUT2D eigenvalue weighted by Crippen LogP contribution is -2.46. The number of benzene rings is 1. The van der Waals surface area contributed by atoms with E-state index in [0.717, 1.165) is 40.1 Å². The summed E-state index contributed by atoms with van der Waals surface area (Å²) in [7, 11) is 0. The summed E-state index contributed by atoms with van der Waals surface area (Å²) in [4.78, 5) is 31.3. The highest BCUT2D eigenvalue weighted by molar-refractivity contribution is 7.18. The number of aromatic nitrogens is 1. The molecule has 3 heterocycles. The molecule has 1 aromatic heterocycles. The van der Waals surface area contributed by atoms with Crippen molar-refractivity contribution in [2.45, 2.75) is 103 Å². The van der Waals surface area contributed by atoms with E-state index in [1.165, 1.54) is 0 Å². The molecule has 8 heteroatoms. The molecule has 4 rings (SSSR count). The Morgan fingerprint density at radius 2 is 1.97 bits per heavy atom. The van der Waals surface area contributed by atoms with Crippen LogP contribution in [0.4, 0.5) is 0 Å². The van der Waals surface area contributed by atoms with Crippen LogP contribution in [0.5, 0.6) is 0 Å². The number of aliphatic hydroxyl groups is 2. The number of thiazole rings is 1. The molecule has 0 amide bonds. The first-order valence-corrected chi connectivity index (χ1v) is 14.4. The largest absolute Gasteiger partial charge is 0.457 e. The van der Waals surface area contributed by atoms with Gasteiger partial charge in [0.15, 0.2) is 0 Å². The minimum Gasteiger partial charge on any atom is -0.457 e. The quantitative estimate of drug-likeness (QED) is 0.301. The molecular formula is C30H41NO6S. The molecule has 1 aromatic carbocycles. The smallest absolute Gasteiger partial charge is 0.309 e. The zero-order valence-corrected chi connectivity index (χ0v) is 23.9. The molecule has 7 atom stereocenters. The summed E-state index contributed by atoms with van der Waals surface area (Å²) in [5.41, 5.74) is 0.115. The number of hydrogen-bond acceptors (Lipinski definition) is 8. The Labute approximate surface area is 229 Å². The average Bonchev–Trinajstić information content (AvgIpc) is 3.32. The third-order valence-corrected chi connectivity index (χ3v) is 9.49. The molecule has 2 fully saturated rings. The van der Waals surface area contributed by atoms with Crippen molar-refractivity contribution < 1.29 is 29.3 Å². The number of carbonyl (C=O) groups excluding carboxylic acids is 2. The zero-order valence-electron chi connectivity index (χ0n) is 23.1. The molecule has 38 heavy (non-hydrogen) atoms. The lowest BCUT2D eigenvalue weighted by Gasteiger charge is -2.35. The van der Waals surface area contributed by atoms with Crippen molar-refractivity contribution in [2.75, 3.05) is 0 Å². The number of aryl methyl sites for hydroxylation is 1. The number of epoxide rings is 1. The summed E-state index contributed by atoms with van der Waals surface area (Å²) in [6.07, 6.45) is 1.71. The lowest BCUT2D eigenvalue weighted by molar-refractivity contribution is -0.156. The third-order valence-electron chi connectivity index (χ3n) is 8.54. The van der Waals surface area contributed by atoms with Gasteiger partial charge in [0.05, 0.1) is 51.0 Å². The minimum atomic E-state index is -1.27. The fraction of sp³-hybridized carbons (Fsp3) is 0.633. The summed E-state index contributed by atoms with van der Waals surface area (Å²) < 4.78 is 13.2. The molecule has 0 spiro atoms. The first-order valence-electron chi connectivity index (χ1n) is 13.6. The van der Waals surface area contributed by atoms with E-state index < -0.39 is 35.6 Å². The highest BCUT2D eigenvalue weighted by atomic mass is 32.1. The number of aliphatic hydroxyl groups excluding tert-OH is 2. The summed E-state index contributed by atoms with van der Waals surface area (Å²) in [5.74, 6) is -1.68. The molecule has 0 radical (unpaired) electrons. The number of carbonyl (C=O) groups is 2. The van der Waals surface area contributed by atoms with Gasteiger partial charge in [-0.15, -0.1) is 17.9 Å². The Morgan fingerprint density at radius 1 is 1.24 bits per heavy atom. The van der Waals surface area contributed by atoms with Gasteiger partial charge in [-0.05, 0) is 56.7 Å². The molecule has 208 valence electrons. The maximum atomic E-state index is 13.6. The molecule has 2 aliphatic heterocycles. The first-order chi connectivity index (χ1) is 17.9. The second-order valence-electron chi connectivity index (χ2n) is 11.9. The maximum absolute atomic E-state index is 13.6. The van der Waals surface area contributed by atoms with Gasteiger partial charge >= 0.3 is 5.97 Å². The number of ether oxygens (including phenoxy) is 2. The number of hydrogen-bond donors (Lipinski definition) is 2. The molecule has 2 N–H and O–H groups in total. The second kappa shape index (κ2) is 11.2. The van der Waals surface area contributed by atoms with Crippen LogP contribution in [0.15, 0.2) is 30.9 Å². The number of esters is 1. The molecule has 0 saturated carbocycles. The molecule has 0 unspecified atom stereocenters. The van der Waals surface area contributed by atoms with Crippen LogP contribution in [-0.2, 0) is 19.1 Å². The number of rotatable bonds is 3. The van der Waals surface area contributed by atoms with Crippen LogP contribution < -0.4 is 0 Å². The standard InChI is InChI=1S/C30H41NO6S/c1-7-9-20-27(34)17(2)10-8-13-30(6)25(37-30)15-22(19-11-12-23-21(14-19)31-18(3)38-23)36-26(33)16-24(32)29(4,5)28(20)35/h7,11-12,14,17,20,22,24-25,27,32,34H,1,8-10,13,15-16H2,2-6H3/t17-,20-,22-,24+,25+,27-,30+/m0/s1. The van der Waals surface area contributed by atoms with Crippen molar-refractivity contribution in [3.8, 4) is 0 Å². The van der Waals surface area contributed by atoms with E-state index in [9.17, 15) is 19.8 Å². The number of ketones is 1. The van der Waals surface area contributed by atoms with Crippen LogP contribution in [0.1, 0.15) is 82.9 Å². The van der Waals surface area contributed by atoms with E-state index in [1.54, 1.807) is 31.3 Å². The summed E-state index contributed by atoms with van der Waals surface area (Å²) in [5, 5.41) is 23.2. The number of fused-ring (bicyclic) bond motifs is 2. The SMILES string of the molecule is C=CC[C@@H]1C(=O)C(C)(C)[C@H](O)CC(=O)O[C@H](c2ccc3sc(C)nc3c2)C[C@H]2O[C@]2(C)CCC[C@H](C)[C@@H]1O. The number of Topliss-reactive ketones (excluding diaryl/α,β-unsaturated/α-hetero) is 1. The summed E-state index contributed by atoms with van der Waals surface area (Å²) >= 11 is 1.61. The first kappa shape index (κ1) is 28.9. The van der Waals surface area contributed by atoms with Gasteiger partial charge in [-0.25, -0.2) is 4.98 Å². The highest BCUT2D eigenvalue weighted by Crippen LogP contribution is 2.47. The van der Waals surface area contributed by atoms with Crippen molar-refractivity contribution in [3.05, 3.63) is 41.4 Å². The predicted molar refractivity (Wildman–Crippen MR) is 148 cm³/mol. The van der Waals surface area contributed by atoms with Crippen LogP contribution in [0.25, 0.3) is 10.2 Å². The Hall–Kier alpha value is -2.13. The van der Waals surface area contributed by atoms with Gasteiger partial charge in [-0.3, -0.25) is 9.59 Å². The molecule has 2 saturated heterocycles. The monoisotopic (exact) mass is 543 g/mol. The fourth-order valence-electron chi connectivity index (χ4n) is 5.70. The Kier molecular flexibility index (Phi) is 8.48. The van der Waals surface area contributed by atoms with Crippen molar-refractivity contribution in [3.63, 3.8) is 0 Å². The van der Waals surface area contributed by atoms with Gasteiger partial charge in [-0.1, -0.05) is 39.3 Å². The predicted octanol–water partition coefficient (Wildman–Crippen LogP) is 5.46. The van der Waals surface area contributed by atoms with Gasteiger partial charge in [0.2, 0.25) is 0 Å². The molecule has 2 aromatic rings. The molecule has 2 aliphatic rings. The number of allylic oxidation sites excluding steroid dienone is 1. The van der Waals surface area contributed by atoms with Crippen molar-refractivity contribution in [2.24, 2.45) is 17.3 Å². The zero-order chi connectivity index (χ0) is 27.8. The Bertz CT molecular complexity index is 1190. The van der Waals surface area contributed by atoms with Gasteiger partial charge in [0.25, 0.3) is 0 Å². The topological polar surface area (TPSA) is 109 Å². The van der Waals surface area contributed by atoms with Crippen LogP contribution >= 0.6 is 11.3 Å². The molecular weight excluding hydrogens is 502 g/mol. The van der Waals surface area contributed by atoms with Crippen LogP contribution in [0, 0.1) is 24.2 Å². The molecule has 7 nitrogen and oxygen atoms in total. The van der Waals surface area contributed by atoms with Gasteiger partial charge in [0, 0.05) is 12.3 Å². The molecule has 0 bridgehead atoms. The minimum absolute atomic E-state index is 0.0715. The van der Waals surface area contributed by atoms with E-state index in [0.29, 0.717) is 12.8 Å². The van der Waals surface area contributed by atoms with Gasteiger partial charge < -0.3 is 19.7 Å². The van der Waals surface area contributed by atoms with E-state index >= 15 is 0 Å². The van der Waals surface area contributed by atoms with E-state index in [4.69, 9.17) is 9.47 Å². The lowest BCUT2D eigenvalue weighted by atomic mass is 9.71. The molecule has 0 aliphatic carbocycles. The highest BCUT2D eigenvalue weighted by Gasteiger charge is 2.53. The normalized spacial score (nSPS) is 34.9. The van der Waals surface area contributed by atoms with E-state index in [-0.39, 0.29) is 29.8 Å². The maximum Gasteiger partial charge on any atom is 0.309 e. The Morgan fingerprint density at radius 3 is 2.68 bits per heavy atom. The summed E-state index contributed by atoms with van der Waals surface area (Å²) in [6, 6.07) is 5.92. The van der Waals surface area contributed by atoms with Crippen LogP contribution in [-0.4, -0.2) is 50.9 Å². The van der Waals surface area contributed by atoms with Gasteiger partial charge in [-0.2, -0.15) is 0 Å². The van der Waals surface area contributed by atoms with Crippen molar-refractivity contribution in [1.29, 1.82) is 0 Å². The van der Waals surface area contributed by atoms with Gasteiger partial charge in [0.1, 0.15) is 11.9 Å². The third kappa shape index (κ3) is 6.03. The van der Waals surface area contributed by atoms with Crippen molar-refractivity contribution in [1.82, 2.24) is 4.98 Å². The van der Waals surface area contributed by atoms with E-state index in [1.807, 2.05) is 32.0 Å². The summed E-state index contributed by atoms with van der Waals surface area (Å²) in [6.45, 7) is 13.0. The second-order valence-corrected chi connectivity index (χ2v) is 13.1. The Balaban J connectivity index is 1.63. The number of cyclic esters (lactones) is 1. The number of nitrogens with zero attached hydrogens (tertiary/aromatic N) is 1. The fourth-order valence-corrected chi connectivity index (χ4v) is 6.51. The van der Waals surface area contributed by atoms with Crippen LogP contribution in [0.2, 0.25) is 0 Å². The van der Waals surface area contributed by atoms with E-state index in [2.05, 4.69) is 18.5 Å². The van der Waals surface area contributed by atoms with Crippen molar-refractivity contribution >= 4 is 33.3 Å².